The van der Waals surface area contributed by atoms with Crippen molar-refractivity contribution < 1.29 is 48.1 Å². The number of hydrogen-bond acceptors (Lipinski definition) is 10. The molecule has 0 bridgehead atoms. The molecule has 5 N–H and O–H groups in total. The molecule has 15 nitrogen and oxygen atoms in total. The molecule has 4 aromatic rings. The van der Waals surface area contributed by atoms with Crippen molar-refractivity contribution in [1.82, 2.24) is 15.5 Å². The Labute approximate surface area is 392 Å². The molecule has 3 aliphatic rings. The van der Waals surface area contributed by atoms with E-state index in [9.17, 15) is 33.9 Å². The molecule has 4 aromatic carbocycles. The van der Waals surface area contributed by atoms with Crippen molar-refractivity contribution in [3.8, 4) is 11.5 Å². The Morgan fingerprint density at radius 2 is 1.07 bits per heavy atom. The van der Waals surface area contributed by atoms with Crippen molar-refractivity contribution in [3.63, 3.8) is 0 Å². The van der Waals surface area contributed by atoms with Crippen LogP contribution in [-0.2, 0) is 52.4 Å². The van der Waals surface area contributed by atoms with Crippen LogP contribution in [0, 0.1) is 0 Å². The number of methoxy groups -OCH3 is 3. The van der Waals surface area contributed by atoms with E-state index in [-0.39, 0.29) is 24.1 Å². The quantitative estimate of drug-likeness (QED) is 0.0550. The van der Waals surface area contributed by atoms with Crippen molar-refractivity contribution in [2.75, 3.05) is 39.0 Å². The number of carbonyl (C=O) groups is 6. The highest BCUT2D eigenvalue weighted by molar-refractivity contribution is 6.21. The van der Waals surface area contributed by atoms with Gasteiger partial charge in [-0.15, -0.1) is 0 Å². The number of rotatable bonds is 15. The molecule has 3 fully saturated rings. The Bertz CT molecular complexity index is 2340. The number of likely N-dealkylation sites (N-methyl/N-ethyl adjacent to an activating group) is 1. The van der Waals surface area contributed by atoms with Gasteiger partial charge < -0.3 is 40.6 Å². The first-order valence-corrected chi connectivity index (χ1v) is 22.9. The molecule has 1 aliphatic heterocycles. The maximum Gasteiger partial charge on any atom is 0.331 e. The van der Waals surface area contributed by atoms with Crippen LogP contribution in [0.3, 0.4) is 0 Å². The Balaban J connectivity index is 0.000000226. The maximum atomic E-state index is 13.6. The minimum Gasteiger partial charge on any atom is -0.497 e. The van der Waals surface area contributed by atoms with Gasteiger partial charge >= 0.3 is 18.0 Å². The van der Waals surface area contributed by atoms with Crippen LogP contribution in [0.2, 0.25) is 0 Å². The van der Waals surface area contributed by atoms with E-state index in [1.165, 1.54) is 12.0 Å². The third kappa shape index (κ3) is 11.2. The standard InChI is InChI=1S/C28H33N3O6.C24H30N2O4/c1-18-24(32)31(27(36)30(18)2)21-11-7-19(8-12-21)17-23(25(33)34)29-26(35)28(15-5-4-6-16-28)20-9-13-22(37-3)14-10-20;1-29-20-12-8-18(9-13-20)24(14-4-3-5-15-24)23(28)26-21(22(27)30-2)16-17-6-10-19(25)11-7-17/h7-14,18,23H,4-6,15-17H2,1-3H3,(H,29,35)(H,33,34);6-13,21H,3-5,14-16,25H2,1-2H3,(H,26,28)/t18?,23-;21-/m00/s1. The number of hydrogen-bond donors (Lipinski definition) is 4. The minimum absolute atomic E-state index is 0.0677. The topological polar surface area (TPSA) is 207 Å². The second kappa shape index (κ2) is 22.1. The van der Waals surface area contributed by atoms with Gasteiger partial charge in [0, 0.05) is 25.6 Å². The van der Waals surface area contributed by atoms with Gasteiger partial charge in [0.1, 0.15) is 29.6 Å². The zero-order chi connectivity index (χ0) is 48.3. The van der Waals surface area contributed by atoms with Gasteiger partial charge in [0.15, 0.2) is 0 Å². The third-order valence-electron chi connectivity index (χ3n) is 13.7. The summed E-state index contributed by atoms with van der Waals surface area (Å²) in [7, 11) is 6.12. The van der Waals surface area contributed by atoms with Crippen molar-refractivity contribution in [1.29, 1.82) is 0 Å². The number of aliphatic carboxylic acids is 1. The summed E-state index contributed by atoms with van der Waals surface area (Å²) >= 11 is 0. The smallest absolute Gasteiger partial charge is 0.331 e. The molecular weight excluding hydrogens is 855 g/mol. The predicted octanol–water partition coefficient (Wildman–Crippen LogP) is 6.88. The molecule has 2 aliphatic carbocycles. The SMILES string of the molecule is COC(=O)[C@H](Cc1ccc(N)cc1)NC(=O)C1(c2ccc(OC)cc2)CCCCC1.COc1ccc(C2(C(=O)N[C@@H](Cc3ccc(N4C(=O)C(C)N(C)C4=O)cc3)C(=O)O)CCCCC2)cc1. The molecule has 0 aromatic heterocycles. The number of nitrogens with zero attached hydrogens (tertiary/aromatic N) is 2. The fourth-order valence-corrected chi connectivity index (χ4v) is 9.47. The van der Waals surface area contributed by atoms with Gasteiger partial charge in [0.05, 0.1) is 37.8 Å². The van der Waals surface area contributed by atoms with Crippen molar-refractivity contribution in [2.45, 2.75) is 113 Å². The summed E-state index contributed by atoms with van der Waals surface area (Å²) in [6.45, 7) is 1.67. The molecule has 15 heteroatoms. The number of nitrogen functional groups attached to an aromatic ring is 1. The number of imide groups is 1. The van der Waals surface area contributed by atoms with Crippen LogP contribution < -0.4 is 30.7 Å². The second-order valence-electron chi connectivity index (χ2n) is 17.7. The monoisotopic (exact) mass is 917 g/mol. The van der Waals surface area contributed by atoms with Gasteiger partial charge in [0.25, 0.3) is 5.91 Å². The lowest BCUT2D eigenvalue weighted by Crippen LogP contribution is -2.52. The zero-order valence-corrected chi connectivity index (χ0v) is 39.0. The van der Waals surface area contributed by atoms with Crippen molar-refractivity contribution in [3.05, 3.63) is 119 Å². The van der Waals surface area contributed by atoms with Crippen molar-refractivity contribution >= 4 is 47.1 Å². The summed E-state index contributed by atoms with van der Waals surface area (Å²) in [4.78, 5) is 79.2. The van der Waals surface area contributed by atoms with Gasteiger partial charge in [0.2, 0.25) is 11.8 Å². The number of ether oxygens (including phenoxy) is 3. The van der Waals surface area contributed by atoms with E-state index >= 15 is 0 Å². The lowest BCUT2D eigenvalue weighted by atomic mass is 9.68. The van der Waals surface area contributed by atoms with Crippen LogP contribution in [0.15, 0.2) is 97.1 Å². The normalized spacial score (nSPS) is 18.4. The first kappa shape index (κ1) is 49.5. The van der Waals surface area contributed by atoms with Gasteiger partial charge in [-0.2, -0.15) is 0 Å². The van der Waals surface area contributed by atoms with Crippen LogP contribution >= 0.6 is 0 Å². The fraction of sp³-hybridized carbons (Fsp3) is 0.423. The first-order valence-electron chi connectivity index (χ1n) is 22.9. The number of esters is 1. The number of nitrogens with two attached hydrogens (primary N) is 1. The van der Waals surface area contributed by atoms with Crippen LogP contribution in [-0.4, -0.2) is 92.2 Å². The summed E-state index contributed by atoms with van der Waals surface area (Å²) in [5, 5.41) is 15.7. The molecule has 1 saturated heterocycles. The molecule has 0 spiro atoms. The summed E-state index contributed by atoms with van der Waals surface area (Å²) in [5.74, 6) is -0.863. The molecule has 356 valence electrons. The molecule has 5 amide bonds. The molecular formula is C52H63N5O10. The molecule has 3 atom stereocenters. The van der Waals surface area contributed by atoms with Gasteiger partial charge in [-0.25, -0.2) is 19.3 Å². The number of carbonyl (C=O) groups excluding carboxylic acids is 5. The molecule has 67 heavy (non-hydrogen) atoms. The third-order valence-corrected chi connectivity index (χ3v) is 13.7. The summed E-state index contributed by atoms with van der Waals surface area (Å²) in [6, 6.07) is 26.1. The van der Waals surface area contributed by atoms with Crippen molar-refractivity contribution in [2.24, 2.45) is 0 Å². The van der Waals surface area contributed by atoms with E-state index in [0.29, 0.717) is 42.0 Å². The van der Waals surface area contributed by atoms with E-state index in [0.717, 1.165) is 78.7 Å². The van der Waals surface area contributed by atoms with Crippen LogP contribution in [0.5, 0.6) is 11.5 Å². The molecule has 2 saturated carbocycles. The summed E-state index contributed by atoms with van der Waals surface area (Å²) < 4.78 is 15.5. The first-order chi connectivity index (χ1) is 32.2. The Kier molecular flexibility index (Phi) is 16.3. The molecule has 1 unspecified atom stereocenters. The maximum absolute atomic E-state index is 13.6. The zero-order valence-electron chi connectivity index (χ0n) is 39.0. The molecule has 7 rings (SSSR count). The van der Waals surface area contributed by atoms with Crippen LogP contribution in [0.1, 0.15) is 93.4 Å². The average Bonchev–Trinajstić information content (AvgIpc) is 3.55. The van der Waals surface area contributed by atoms with E-state index in [2.05, 4.69) is 10.6 Å². The number of carboxylic acids is 1. The van der Waals surface area contributed by atoms with E-state index < -0.39 is 46.9 Å². The number of anilines is 2. The summed E-state index contributed by atoms with van der Waals surface area (Å²) in [6.07, 6.45) is 9.08. The van der Waals surface area contributed by atoms with Crippen LogP contribution in [0.25, 0.3) is 0 Å². The number of amides is 5. The lowest BCUT2D eigenvalue weighted by Gasteiger charge is -2.37. The van der Waals surface area contributed by atoms with E-state index in [1.54, 1.807) is 64.6 Å². The summed E-state index contributed by atoms with van der Waals surface area (Å²) in [5.41, 5.74) is 8.77. The number of urea groups is 1. The van der Waals surface area contributed by atoms with E-state index in [1.807, 2.05) is 60.7 Å². The Morgan fingerprint density at radius 1 is 0.657 bits per heavy atom. The second-order valence-corrected chi connectivity index (χ2v) is 17.7. The highest BCUT2D eigenvalue weighted by Crippen LogP contribution is 2.42. The number of nitrogens with one attached hydrogen (secondary N) is 2. The highest BCUT2D eigenvalue weighted by atomic mass is 16.5. The number of carboxylic acid groups (broad SMARTS) is 1. The molecule has 0 radical (unpaired) electrons. The number of benzene rings is 4. The lowest BCUT2D eigenvalue weighted by molar-refractivity contribution is -0.146. The van der Waals surface area contributed by atoms with Crippen LogP contribution in [0.4, 0.5) is 16.2 Å². The Morgan fingerprint density at radius 3 is 1.46 bits per heavy atom. The van der Waals surface area contributed by atoms with Gasteiger partial charge in [-0.3, -0.25) is 14.4 Å². The Hall–Kier alpha value is -6.90. The van der Waals surface area contributed by atoms with Gasteiger partial charge in [-0.05, 0) is 103 Å². The van der Waals surface area contributed by atoms with Gasteiger partial charge in [-0.1, -0.05) is 87.1 Å². The van der Waals surface area contributed by atoms with E-state index in [4.69, 9.17) is 19.9 Å². The average molecular weight is 918 g/mol. The minimum atomic E-state index is -1.13. The largest absolute Gasteiger partial charge is 0.497 e. The predicted molar refractivity (Wildman–Crippen MR) is 254 cm³/mol. The highest BCUT2D eigenvalue weighted by Gasteiger charge is 2.45. The fourth-order valence-electron chi connectivity index (χ4n) is 9.47. The molecule has 1 heterocycles.